The summed E-state index contributed by atoms with van der Waals surface area (Å²) in [5, 5.41) is 2.37. The van der Waals surface area contributed by atoms with Crippen LogP contribution in [0.2, 0.25) is 0 Å². The summed E-state index contributed by atoms with van der Waals surface area (Å²) < 4.78 is 0. The van der Waals surface area contributed by atoms with E-state index in [4.69, 9.17) is 0 Å². The lowest BCUT2D eigenvalue weighted by Gasteiger charge is -2.18. The molecule has 0 atom stereocenters. The third-order valence-corrected chi connectivity index (χ3v) is 4.53. The van der Waals surface area contributed by atoms with Gasteiger partial charge in [0.2, 0.25) is 0 Å². The maximum absolute atomic E-state index is 12.6. The molecule has 1 amide bonds. The van der Waals surface area contributed by atoms with Crippen molar-refractivity contribution >= 4 is 22.8 Å². The Morgan fingerprint density at radius 2 is 1.70 bits per heavy atom. The number of hydrogen-bond donors (Lipinski definition) is 0. The van der Waals surface area contributed by atoms with Crippen LogP contribution in [-0.2, 0) is 13.1 Å². The fourth-order valence-electron chi connectivity index (χ4n) is 3.35. The van der Waals surface area contributed by atoms with Crippen molar-refractivity contribution in [2.45, 2.75) is 13.1 Å². The van der Waals surface area contributed by atoms with Crippen LogP contribution in [0, 0.1) is 0 Å². The van der Waals surface area contributed by atoms with Gasteiger partial charge in [-0.2, -0.15) is 0 Å². The van der Waals surface area contributed by atoms with Crippen molar-refractivity contribution in [1.29, 1.82) is 0 Å². The number of rotatable bonds is 3. The fraction of sp³-hybridized carbons (Fsp3) is 0.0952. The summed E-state index contributed by atoms with van der Waals surface area (Å²) in [5.41, 5.74) is 4.25. The second-order valence-corrected chi connectivity index (χ2v) is 5.88. The van der Waals surface area contributed by atoms with E-state index in [0.29, 0.717) is 13.1 Å². The zero-order valence-corrected chi connectivity index (χ0v) is 12.8. The molecular weight excluding hydrogens is 282 g/mol. The summed E-state index contributed by atoms with van der Waals surface area (Å²) in [7, 11) is 0. The van der Waals surface area contributed by atoms with Crippen molar-refractivity contribution in [3.05, 3.63) is 89.5 Å². The molecule has 3 aromatic rings. The molecule has 2 nitrogen and oxygen atoms in total. The maximum atomic E-state index is 12.6. The molecule has 2 heteroatoms. The van der Waals surface area contributed by atoms with Gasteiger partial charge in [0, 0.05) is 18.7 Å². The number of carbonyl (C=O) groups excluding carboxylic acids is 1. The van der Waals surface area contributed by atoms with Crippen molar-refractivity contribution in [2.75, 3.05) is 0 Å². The number of benzene rings is 3. The molecule has 1 heterocycles. The first-order valence-corrected chi connectivity index (χ1v) is 7.78. The van der Waals surface area contributed by atoms with E-state index in [1.54, 1.807) is 0 Å². The van der Waals surface area contributed by atoms with Gasteiger partial charge in [-0.15, -0.1) is 0 Å². The van der Waals surface area contributed by atoms with Gasteiger partial charge in [0.25, 0.3) is 5.91 Å². The molecular formula is C21H17NO. The second-order valence-electron chi connectivity index (χ2n) is 5.88. The van der Waals surface area contributed by atoms with E-state index in [1.807, 2.05) is 47.4 Å². The topological polar surface area (TPSA) is 20.3 Å². The average molecular weight is 299 g/mol. The zero-order valence-electron chi connectivity index (χ0n) is 12.8. The molecule has 1 aliphatic rings. The zero-order chi connectivity index (χ0) is 15.8. The summed E-state index contributed by atoms with van der Waals surface area (Å²) >= 11 is 0. The summed E-state index contributed by atoms with van der Waals surface area (Å²) in [4.78, 5) is 14.5. The van der Waals surface area contributed by atoms with Crippen LogP contribution in [0.5, 0.6) is 0 Å². The van der Waals surface area contributed by atoms with Gasteiger partial charge in [-0.05, 0) is 33.5 Å². The minimum atomic E-state index is 0.123. The minimum Gasteiger partial charge on any atom is -0.330 e. The molecule has 0 bridgehead atoms. The third kappa shape index (κ3) is 2.23. The summed E-state index contributed by atoms with van der Waals surface area (Å²) in [5.74, 6) is 0.123. The summed E-state index contributed by atoms with van der Waals surface area (Å²) in [6.07, 6.45) is 1.88. The monoisotopic (exact) mass is 299 g/mol. The minimum absolute atomic E-state index is 0.123. The number of carbonyl (C=O) groups is 1. The molecule has 0 saturated carbocycles. The molecule has 3 aromatic carbocycles. The van der Waals surface area contributed by atoms with Crippen LogP contribution in [0.25, 0.3) is 16.8 Å². The highest BCUT2D eigenvalue weighted by Crippen LogP contribution is 2.28. The first kappa shape index (κ1) is 13.8. The Hall–Kier alpha value is -2.87. The Labute approximate surface area is 135 Å². The molecule has 0 fully saturated rings. The quantitative estimate of drug-likeness (QED) is 0.690. The molecule has 0 radical (unpaired) electrons. The van der Waals surface area contributed by atoms with E-state index < -0.39 is 0 Å². The number of fused-ring (bicyclic) bond motifs is 2. The number of amides is 1. The van der Waals surface area contributed by atoms with Crippen molar-refractivity contribution in [3.63, 3.8) is 0 Å². The van der Waals surface area contributed by atoms with Crippen LogP contribution in [0.3, 0.4) is 0 Å². The first-order valence-electron chi connectivity index (χ1n) is 7.78. The molecule has 0 aromatic heterocycles. The lowest BCUT2D eigenvalue weighted by molar-refractivity contribution is 0.0767. The van der Waals surface area contributed by atoms with Crippen LogP contribution in [-0.4, -0.2) is 10.8 Å². The van der Waals surface area contributed by atoms with Crippen LogP contribution in [0.15, 0.2) is 67.2 Å². The Morgan fingerprint density at radius 1 is 0.957 bits per heavy atom. The number of nitrogens with zero attached hydrogens (tertiary/aromatic N) is 1. The highest BCUT2D eigenvalue weighted by molar-refractivity contribution is 5.99. The summed E-state index contributed by atoms with van der Waals surface area (Å²) in [6.45, 7) is 5.21. The Balaban J connectivity index is 1.73. The van der Waals surface area contributed by atoms with Gasteiger partial charge in [0.05, 0.1) is 0 Å². The van der Waals surface area contributed by atoms with Crippen molar-refractivity contribution in [1.82, 2.24) is 4.90 Å². The predicted molar refractivity (Wildman–Crippen MR) is 94.1 cm³/mol. The van der Waals surface area contributed by atoms with E-state index in [-0.39, 0.29) is 5.91 Å². The van der Waals surface area contributed by atoms with Crippen molar-refractivity contribution in [2.24, 2.45) is 0 Å². The predicted octanol–water partition coefficient (Wildman–Crippen LogP) is 4.64. The van der Waals surface area contributed by atoms with Gasteiger partial charge in [0.15, 0.2) is 0 Å². The first-order chi connectivity index (χ1) is 11.3. The number of hydrogen-bond acceptors (Lipinski definition) is 1. The van der Waals surface area contributed by atoms with Crippen LogP contribution in [0.4, 0.5) is 0 Å². The average Bonchev–Trinajstić information content (AvgIpc) is 2.91. The lowest BCUT2D eigenvalue weighted by atomic mass is 9.99. The third-order valence-electron chi connectivity index (χ3n) is 4.53. The van der Waals surface area contributed by atoms with Crippen LogP contribution in [0.1, 0.15) is 27.0 Å². The van der Waals surface area contributed by atoms with E-state index in [0.717, 1.165) is 16.7 Å². The van der Waals surface area contributed by atoms with E-state index >= 15 is 0 Å². The van der Waals surface area contributed by atoms with Gasteiger partial charge in [-0.25, -0.2) is 0 Å². The van der Waals surface area contributed by atoms with Gasteiger partial charge in [0.1, 0.15) is 0 Å². The molecule has 112 valence electrons. The molecule has 23 heavy (non-hydrogen) atoms. The van der Waals surface area contributed by atoms with Crippen LogP contribution >= 0.6 is 0 Å². The van der Waals surface area contributed by atoms with Gasteiger partial charge >= 0.3 is 0 Å². The molecule has 0 saturated heterocycles. The van der Waals surface area contributed by atoms with Gasteiger partial charge in [-0.1, -0.05) is 67.3 Å². The normalized spacial score (nSPS) is 13.4. The SMILES string of the molecule is C=Cc1ccc(CN2Cc3ccccc3C2=O)c2ccccc12. The van der Waals surface area contributed by atoms with Crippen molar-refractivity contribution < 1.29 is 4.79 Å². The fourth-order valence-corrected chi connectivity index (χ4v) is 3.35. The highest BCUT2D eigenvalue weighted by atomic mass is 16.2. The smallest absolute Gasteiger partial charge is 0.254 e. The van der Waals surface area contributed by atoms with E-state index in [1.165, 1.54) is 16.3 Å². The van der Waals surface area contributed by atoms with Gasteiger partial charge < -0.3 is 4.90 Å². The Morgan fingerprint density at radius 3 is 2.48 bits per heavy atom. The summed E-state index contributed by atoms with van der Waals surface area (Å²) in [6, 6.07) is 20.4. The standard InChI is InChI=1S/C21H17NO/c1-2-15-11-12-17(19-9-6-5-8-18(15)19)14-22-13-16-7-3-4-10-20(16)21(22)23/h2-12H,1,13-14H2. The molecule has 4 rings (SSSR count). The molecule has 0 aliphatic carbocycles. The molecule has 0 N–H and O–H groups in total. The molecule has 0 unspecified atom stereocenters. The molecule has 0 spiro atoms. The van der Waals surface area contributed by atoms with Gasteiger partial charge in [-0.3, -0.25) is 4.79 Å². The van der Waals surface area contributed by atoms with E-state index in [9.17, 15) is 4.79 Å². The maximum Gasteiger partial charge on any atom is 0.254 e. The highest BCUT2D eigenvalue weighted by Gasteiger charge is 2.26. The Kier molecular flexibility index (Phi) is 3.23. The van der Waals surface area contributed by atoms with Crippen molar-refractivity contribution in [3.8, 4) is 0 Å². The second kappa shape index (κ2) is 5.40. The Bertz CT molecular complexity index is 926. The van der Waals surface area contributed by atoms with Crippen LogP contribution < -0.4 is 0 Å². The van der Waals surface area contributed by atoms with E-state index in [2.05, 4.69) is 30.8 Å². The molecule has 1 aliphatic heterocycles. The lowest BCUT2D eigenvalue weighted by Crippen LogP contribution is -2.23. The largest absolute Gasteiger partial charge is 0.330 e.